The van der Waals surface area contributed by atoms with Gasteiger partial charge in [-0.15, -0.1) is 0 Å². The molecular weight excluding hydrogens is 394 g/mol. The molecule has 2 unspecified atom stereocenters. The fraction of sp³-hybridized carbons (Fsp3) is 0.526. The Morgan fingerprint density at radius 3 is 2.37 bits per heavy atom. The molecule has 30 heavy (non-hydrogen) atoms. The van der Waals surface area contributed by atoms with Crippen LogP contribution in [0.1, 0.15) is 51.3 Å². The molecule has 0 spiro atoms. The summed E-state index contributed by atoms with van der Waals surface area (Å²) in [6.45, 7) is 6.81. The lowest BCUT2D eigenvalue weighted by atomic mass is 9.86. The summed E-state index contributed by atoms with van der Waals surface area (Å²) in [6.07, 6.45) is 2.88. The number of rotatable bonds is 6. The molecule has 0 aromatic carbocycles. The van der Waals surface area contributed by atoms with Gasteiger partial charge in [-0.3, -0.25) is 9.59 Å². The molecule has 11 nitrogen and oxygen atoms in total. The quantitative estimate of drug-likeness (QED) is 0.534. The SMILES string of the molecule is C#N.CC(C)(CC(=O)O)CC(=O)O.Nc1ncnn2c(C3CCC(CO)O3)ccc12. The van der Waals surface area contributed by atoms with Crippen molar-refractivity contribution in [3.8, 4) is 6.57 Å². The fourth-order valence-electron chi connectivity index (χ4n) is 3.16. The molecule has 0 aliphatic carbocycles. The van der Waals surface area contributed by atoms with Crippen molar-refractivity contribution in [2.75, 3.05) is 12.3 Å². The molecule has 2 aromatic heterocycles. The summed E-state index contributed by atoms with van der Waals surface area (Å²) in [5, 5.41) is 36.5. The van der Waals surface area contributed by atoms with E-state index in [2.05, 4.69) is 16.7 Å². The Kier molecular flexibility index (Phi) is 9.16. The summed E-state index contributed by atoms with van der Waals surface area (Å²) in [7, 11) is 0. The summed E-state index contributed by atoms with van der Waals surface area (Å²) < 4.78 is 7.49. The molecule has 5 N–H and O–H groups in total. The van der Waals surface area contributed by atoms with E-state index in [-0.39, 0.29) is 31.7 Å². The Balaban J connectivity index is 0.000000304. The number of aliphatic hydroxyl groups is 1. The predicted molar refractivity (Wildman–Crippen MR) is 106 cm³/mol. The molecule has 1 fully saturated rings. The van der Waals surface area contributed by atoms with Crippen LogP contribution in [0.2, 0.25) is 0 Å². The van der Waals surface area contributed by atoms with Crippen LogP contribution in [0.4, 0.5) is 5.82 Å². The van der Waals surface area contributed by atoms with Crippen LogP contribution in [0.15, 0.2) is 18.5 Å². The van der Waals surface area contributed by atoms with E-state index in [0.29, 0.717) is 5.82 Å². The second kappa shape index (κ2) is 11.1. The van der Waals surface area contributed by atoms with E-state index in [0.717, 1.165) is 24.1 Å². The Labute approximate surface area is 173 Å². The van der Waals surface area contributed by atoms with Crippen molar-refractivity contribution in [2.24, 2.45) is 5.41 Å². The molecule has 1 aliphatic heterocycles. The standard InChI is InChI=1S/C11H14N4O2.C7H12O4.CHN/c12-11-9-3-2-8(15(9)14-6-13-11)10-4-1-7(5-16)17-10;1-7(2,3-5(8)9)4-6(10)11;1-2/h2-3,6-7,10,16H,1,4-5H2,(H2,12,13,14);3-4H2,1-2H3,(H,8,9)(H,10,11);1H. The summed E-state index contributed by atoms with van der Waals surface area (Å²) in [5.74, 6) is -1.46. The third kappa shape index (κ3) is 6.98. The van der Waals surface area contributed by atoms with E-state index in [1.54, 1.807) is 18.4 Å². The summed E-state index contributed by atoms with van der Waals surface area (Å²) in [6, 6.07) is 3.84. The molecule has 2 aromatic rings. The van der Waals surface area contributed by atoms with Gasteiger partial charge in [0.1, 0.15) is 17.9 Å². The Hall–Kier alpha value is -3.23. The summed E-state index contributed by atoms with van der Waals surface area (Å²) >= 11 is 0. The number of aliphatic hydroxyl groups excluding tert-OH is 1. The zero-order chi connectivity index (χ0) is 22.9. The minimum absolute atomic E-state index is 0.0241. The van der Waals surface area contributed by atoms with Crippen LogP contribution in [0, 0.1) is 17.2 Å². The third-order valence-corrected chi connectivity index (χ3v) is 4.41. The summed E-state index contributed by atoms with van der Waals surface area (Å²) in [4.78, 5) is 24.4. The van der Waals surface area contributed by atoms with Crippen LogP contribution >= 0.6 is 0 Å². The monoisotopic (exact) mass is 421 g/mol. The van der Waals surface area contributed by atoms with Gasteiger partial charge < -0.3 is 25.8 Å². The molecule has 164 valence electrons. The minimum atomic E-state index is -0.962. The smallest absolute Gasteiger partial charge is 0.303 e. The van der Waals surface area contributed by atoms with Crippen LogP contribution in [0.25, 0.3) is 5.52 Å². The predicted octanol–water partition coefficient (Wildman–Crippen LogP) is 1.63. The maximum Gasteiger partial charge on any atom is 0.303 e. The van der Waals surface area contributed by atoms with Gasteiger partial charge in [-0.05, 0) is 30.4 Å². The molecule has 0 saturated carbocycles. The molecule has 2 atom stereocenters. The second-order valence-electron chi connectivity index (χ2n) is 7.51. The van der Waals surface area contributed by atoms with Gasteiger partial charge in [-0.1, -0.05) is 13.8 Å². The number of ether oxygens (including phenoxy) is 1. The van der Waals surface area contributed by atoms with Gasteiger partial charge >= 0.3 is 11.9 Å². The van der Waals surface area contributed by atoms with Crippen LogP contribution in [-0.2, 0) is 14.3 Å². The number of nitriles is 1. The number of aliphatic carboxylic acids is 2. The highest BCUT2D eigenvalue weighted by Gasteiger charge is 2.28. The van der Waals surface area contributed by atoms with E-state index in [9.17, 15) is 9.59 Å². The van der Waals surface area contributed by atoms with Gasteiger partial charge in [-0.2, -0.15) is 5.10 Å². The Morgan fingerprint density at radius 1 is 1.27 bits per heavy atom. The highest BCUT2D eigenvalue weighted by molar-refractivity contribution is 5.71. The average molecular weight is 421 g/mol. The molecule has 11 heteroatoms. The maximum atomic E-state index is 10.2. The molecule has 3 heterocycles. The van der Waals surface area contributed by atoms with Crippen molar-refractivity contribution < 1.29 is 29.6 Å². The van der Waals surface area contributed by atoms with Gasteiger partial charge in [0.2, 0.25) is 0 Å². The number of aromatic nitrogens is 3. The number of nitrogens with two attached hydrogens (primary N) is 1. The van der Waals surface area contributed by atoms with Crippen molar-refractivity contribution in [3.63, 3.8) is 0 Å². The number of fused-ring (bicyclic) bond motifs is 1. The van der Waals surface area contributed by atoms with Gasteiger partial charge in [0.15, 0.2) is 5.82 Å². The zero-order valence-corrected chi connectivity index (χ0v) is 16.9. The number of carbonyl (C=O) groups is 2. The topological polar surface area (TPSA) is 184 Å². The molecule has 0 bridgehead atoms. The Morgan fingerprint density at radius 2 is 1.87 bits per heavy atom. The van der Waals surface area contributed by atoms with Crippen molar-refractivity contribution in [2.45, 2.75) is 51.7 Å². The first-order chi connectivity index (χ1) is 14.1. The fourth-order valence-corrected chi connectivity index (χ4v) is 3.16. The highest BCUT2D eigenvalue weighted by atomic mass is 16.5. The first-order valence-corrected chi connectivity index (χ1v) is 9.17. The van der Waals surface area contributed by atoms with Gasteiger partial charge in [-0.25, -0.2) is 14.8 Å². The number of nitrogens with zero attached hydrogens (tertiary/aromatic N) is 4. The number of anilines is 1. The third-order valence-electron chi connectivity index (χ3n) is 4.41. The van der Waals surface area contributed by atoms with Gasteiger partial charge in [0.25, 0.3) is 0 Å². The van der Waals surface area contributed by atoms with Crippen molar-refractivity contribution >= 4 is 23.3 Å². The highest BCUT2D eigenvalue weighted by Crippen LogP contribution is 2.33. The molecule has 0 radical (unpaired) electrons. The Bertz CT molecular complexity index is 861. The first kappa shape index (κ1) is 24.8. The van der Waals surface area contributed by atoms with Gasteiger partial charge in [0, 0.05) is 6.57 Å². The molecule has 1 aliphatic rings. The van der Waals surface area contributed by atoms with E-state index in [1.807, 2.05) is 12.1 Å². The van der Waals surface area contributed by atoms with Crippen molar-refractivity contribution in [3.05, 3.63) is 24.2 Å². The van der Waals surface area contributed by atoms with E-state index in [1.165, 1.54) is 6.33 Å². The van der Waals surface area contributed by atoms with E-state index >= 15 is 0 Å². The van der Waals surface area contributed by atoms with Crippen LogP contribution in [0.3, 0.4) is 0 Å². The van der Waals surface area contributed by atoms with Crippen LogP contribution in [0.5, 0.6) is 0 Å². The second-order valence-corrected chi connectivity index (χ2v) is 7.51. The molecule has 3 rings (SSSR count). The molecule has 0 amide bonds. The van der Waals surface area contributed by atoms with E-state index in [4.69, 9.17) is 31.1 Å². The lowest BCUT2D eigenvalue weighted by Crippen LogP contribution is -2.20. The van der Waals surface area contributed by atoms with E-state index < -0.39 is 17.4 Å². The average Bonchev–Trinajstić information content (AvgIpc) is 3.28. The lowest BCUT2D eigenvalue weighted by molar-refractivity contribution is -0.142. The number of nitrogen functional groups attached to an aromatic ring is 1. The number of carboxylic acids is 2. The first-order valence-electron chi connectivity index (χ1n) is 9.17. The molecule has 1 saturated heterocycles. The number of hydrogen-bond acceptors (Lipinski definition) is 8. The number of carboxylic acid groups (broad SMARTS) is 2. The maximum absolute atomic E-state index is 10.2. The summed E-state index contributed by atoms with van der Waals surface area (Å²) in [5.41, 5.74) is 6.87. The van der Waals surface area contributed by atoms with Crippen molar-refractivity contribution in [1.29, 1.82) is 5.26 Å². The normalized spacial score (nSPS) is 18.0. The zero-order valence-electron chi connectivity index (χ0n) is 16.9. The molecular formula is C19H27N5O6. The lowest BCUT2D eigenvalue weighted by Gasteiger charge is -2.18. The van der Waals surface area contributed by atoms with Crippen molar-refractivity contribution in [1.82, 2.24) is 14.6 Å². The van der Waals surface area contributed by atoms with Crippen LogP contribution < -0.4 is 5.73 Å². The van der Waals surface area contributed by atoms with Crippen LogP contribution in [-0.4, -0.2) is 54.6 Å². The largest absolute Gasteiger partial charge is 0.481 e. The number of hydrogen-bond donors (Lipinski definition) is 4. The minimum Gasteiger partial charge on any atom is -0.481 e. The van der Waals surface area contributed by atoms with Gasteiger partial charge in [0.05, 0.1) is 31.2 Å².